The lowest BCUT2D eigenvalue weighted by molar-refractivity contribution is 0.111. The van der Waals surface area contributed by atoms with E-state index in [0.29, 0.717) is 17.9 Å². The van der Waals surface area contributed by atoms with E-state index >= 15 is 0 Å². The number of benzene rings is 1. The van der Waals surface area contributed by atoms with Gasteiger partial charge in [-0.25, -0.2) is 4.98 Å². The maximum Gasteiger partial charge on any atom is 0.224 e. The SMILES string of the molecule is CCC(C)CNc1ncc2c(-c3ccc(CN4CCN(C)CC4)cc3)cn(C3CCC(O)CC3)c2n1. The molecule has 7 heteroatoms. The van der Waals surface area contributed by atoms with Crippen molar-refractivity contribution in [3.8, 4) is 11.1 Å². The van der Waals surface area contributed by atoms with Crippen molar-refractivity contribution in [2.75, 3.05) is 45.1 Å². The van der Waals surface area contributed by atoms with E-state index in [2.05, 4.69) is 76.0 Å². The van der Waals surface area contributed by atoms with Crippen LogP contribution in [0.3, 0.4) is 0 Å². The van der Waals surface area contributed by atoms with E-state index in [1.165, 1.54) is 16.7 Å². The van der Waals surface area contributed by atoms with Crippen LogP contribution in [-0.2, 0) is 6.54 Å². The van der Waals surface area contributed by atoms with Crippen LogP contribution in [0.5, 0.6) is 0 Å². The molecule has 194 valence electrons. The molecule has 1 aromatic carbocycles. The number of hydrogen-bond donors (Lipinski definition) is 2. The molecule has 2 aromatic heterocycles. The summed E-state index contributed by atoms with van der Waals surface area (Å²) < 4.78 is 2.35. The van der Waals surface area contributed by atoms with Crippen molar-refractivity contribution in [3.05, 3.63) is 42.2 Å². The van der Waals surface area contributed by atoms with Crippen LogP contribution in [0.4, 0.5) is 5.95 Å². The molecule has 1 aliphatic carbocycles. The van der Waals surface area contributed by atoms with Crippen molar-refractivity contribution >= 4 is 17.0 Å². The predicted molar refractivity (Wildman–Crippen MR) is 147 cm³/mol. The second-order valence-corrected chi connectivity index (χ2v) is 11.0. The van der Waals surface area contributed by atoms with Gasteiger partial charge >= 0.3 is 0 Å². The summed E-state index contributed by atoms with van der Waals surface area (Å²) in [5, 5.41) is 14.6. The molecule has 5 rings (SSSR count). The molecule has 1 saturated heterocycles. The van der Waals surface area contributed by atoms with E-state index in [1.807, 2.05) is 6.20 Å². The number of hydrogen-bond acceptors (Lipinski definition) is 6. The zero-order valence-electron chi connectivity index (χ0n) is 22.2. The fourth-order valence-corrected chi connectivity index (χ4v) is 5.42. The van der Waals surface area contributed by atoms with Crippen molar-refractivity contribution in [2.45, 2.75) is 64.6 Å². The van der Waals surface area contributed by atoms with Gasteiger partial charge in [0.05, 0.1) is 6.10 Å². The molecular weight excluding hydrogens is 448 g/mol. The summed E-state index contributed by atoms with van der Waals surface area (Å²) in [6.07, 6.45) is 8.89. The van der Waals surface area contributed by atoms with Crippen LogP contribution >= 0.6 is 0 Å². The first-order valence-electron chi connectivity index (χ1n) is 13.8. The maximum atomic E-state index is 10.1. The third-order valence-corrected chi connectivity index (χ3v) is 8.20. The molecule has 0 spiro atoms. The number of likely N-dealkylation sites (N-methyl/N-ethyl adjacent to an activating group) is 1. The second-order valence-electron chi connectivity index (χ2n) is 11.0. The summed E-state index contributed by atoms with van der Waals surface area (Å²) in [5.41, 5.74) is 4.76. The van der Waals surface area contributed by atoms with Gasteiger partial charge in [-0.15, -0.1) is 0 Å². The Morgan fingerprint density at radius 3 is 2.47 bits per heavy atom. The van der Waals surface area contributed by atoms with E-state index in [-0.39, 0.29) is 6.10 Å². The summed E-state index contributed by atoms with van der Waals surface area (Å²) in [4.78, 5) is 14.6. The van der Waals surface area contributed by atoms with E-state index < -0.39 is 0 Å². The minimum atomic E-state index is -0.169. The van der Waals surface area contributed by atoms with Crippen LogP contribution in [0.25, 0.3) is 22.2 Å². The number of nitrogens with one attached hydrogen (secondary N) is 1. The number of aromatic nitrogens is 3. The number of nitrogens with zero attached hydrogens (tertiary/aromatic N) is 5. The van der Waals surface area contributed by atoms with Crippen LogP contribution in [0.2, 0.25) is 0 Å². The van der Waals surface area contributed by atoms with Gasteiger partial charge in [0.2, 0.25) is 5.95 Å². The molecule has 1 aliphatic heterocycles. The molecule has 0 radical (unpaired) electrons. The Hall–Kier alpha value is -2.48. The van der Waals surface area contributed by atoms with Crippen molar-refractivity contribution in [1.82, 2.24) is 24.3 Å². The smallest absolute Gasteiger partial charge is 0.224 e. The molecule has 2 N–H and O–H groups in total. The van der Waals surface area contributed by atoms with Crippen molar-refractivity contribution in [2.24, 2.45) is 5.92 Å². The van der Waals surface area contributed by atoms with Crippen molar-refractivity contribution in [3.63, 3.8) is 0 Å². The molecule has 3 aromatic rings. The summed E-state index contributed by atoms with van der Waals surface area (Å²) in [5.74, 6) is 1.28. The fraction of sp³-hybridized carbons (Fsp3) is 0.586. The highest BCUT2D eigenvalue weighted by molar-refractivity contribution is 5.94. The Labute approximate surface area is 215 Å². The number of fused-ring (bicyclic) bond motifs is 1. The normalized spacial score (nSPS) is 22.7. The van der Waals surface area contributed by atoms with Gasteiger partial charge in [0.15, 0.2) is 0 Å². The van der Waals surface area contributed by atoms with Gasteiger partial charge in [-0.05, 0) is 49.8 Å². The van der Waals surface area contributed by atoms with Crippen LogP contribution in [-0.4, -0.2) is 75.3 Å². The second kappa shape index (κ2) is 11.3. The molecule has 1 unspecified atom stereocenters. The molecule has 1 saturated carbocycles. The summed E-state index contributed by atoms with van der Waals surface area (Å²) in [6, 6.07) is 9.42. The average molecular weight is 491 g/mol. The van der Waals surface area contributed by atoms with Gasteiger partial charge in [-0.1, -0.05) is 44.5 Å². The van der Waals surface area contributed by atoms with Gasteiger partial charge in [0, 0.05) is 68.7 Å². The topological polar surface area (TPSA) is 69.5 Å². The lowest BCUT2D eigenvalue weighted by atomic mass is 9.93. The third-order valence-electron chi connectivity index (χ3n) is 8.20. The number of rotatable bonds is 8. The molecular formula is C29H42N6O. The Morgan fingerprint density at radius 1 is 1.06 bits per heavy atom. The summed E-state index contributed by atoms with van der Waals surface area (Å²) >= 11 is 0. The minimum absolute atomic E-state index is 0.169. The van der Waals surface area contributed by atoms with Gasteiger partial charge < -0.3 is 19.9 Å². The van der Waals surface area contributed by atoms with E-state index in [9.17, 15) is 5.11 Å². The first kappa shape index (κ1) is 25.2. The molecule has 36 heavy (non-hydrogen) atoms. The first-order chi connectivity index (χ1) is 17.5. The Morgan fingerprint density at radius 2 is 1.78 bits per heavy atom. The molecule has 0 bridgehead atoms. The lowest BCUT2D eigenvalue weighted by Crippen LogP contribution is -2.43. The quantitative estimate of drug-likeness (QED) is 0.474. The maximum absolute atomic E-state index is 10.1. The first-order valence-corrected chi connectivity index (χ1v) is 13.8. The zero-order valence-corrected chi connectivity index (χ0v) is 22.2. The van der Waals surface area contributed by atoms with Crippen LogP contribution in [0, 0.1) is 5.92 Å². The molecule has 3 heterocycles. The van der Waals surface area contributed by atoms with Gasteiger partial charge in [0.25, 0.3) is 0 Å². The Kier molecular flexibility index (Phi) is 7.89. The molecule has 7 nitrogen and oxygen atoms in total. The summed E-state index contributed by atoms with van der Waals surface area (Å²) in [7, 11) is 2.20. The number of piperazine rings is 1. The largest absolute Gasteiger partial charge is 0.393 e. The van der Waals surface area contributed by atoms with Crippen molar-refractivity contribution in [1.29, 1.82) is 0 Å². The number of aliphatic hydroxyl groups excluding tert-OH is 1. The molecule has 2 aliphatic rings. The van der Waals surface area contributed by atoms with Gasteiger partial charge in [-0.2, -0.15) is 4.98 Å². The predicted octanol–water partition coefficient (Wildman–Crippen LogP) is 4.78. The van der Waals surface area contributed by atoms with Crippen LogP contribution < -0.4 is 5.32 Å². The third kappa shape index (κ3) is 5.74. The molecule has 1 atom stereocenters. The zero-order chi connectivity index (χ0) is 25.1. The van der Waals surface area contributed by atoms with Gasteiger partial charge in [0.1, 0.15) is 5.65 Å². The lowest BCUT2D eigenvalue weighted by Gasteiger charge is -2.32. The highest BCUT2D eigenvalue weighted by Crippen LogP contribution is 2.36. The summed E-state index contributed by atoms with van der Waals surface area (Å²) in [6.45, 7) is 10.9. The van der Waals surface area contributed by atoms with Crippen LogP contribution in [0.1, 0.15) is 57.6 Å². The molecule has 2 fully saturated rings. The highest BCUT2D eigenvalue weighted by Gasteiger charge is 2.24. The Balaban J connectivity index is 1.41. The molecule has 0 amide bonds. The number of aliphatic hydroxyl groups is 1. The fourth-order valence-electron chi connectivity index (χ4n) is 5.42. The Bertz CT molecular complexity index is 1130. The minimum Gasteiger partial charge on any atom is -0.393 e. The van der Waals surface area contributed by atoms with E-state index in [1.54, 1.807) is 0 Å². The highest BCUT2D eigenvalue weighted by atomic mass is 16.3. The van der Waals surface area contributed by atoms with Crippen molar-refractivity contribution < 1.29 is 5.11 Å². The number of anilines is 1. The van der Waals surface area contributed by atoms with E-state index in [4.69, 9.17) is 4.98 Å². The monoisotopic (exact) mass is 490 g/mol. The van der Waals surface area contributed by atoms with Crippen LogP contribution in [0.15, 0.2) is 36.7 Å². The van der Waals surface area contributed by atoms with Gasteiger partial charge in [-0.3, -0.25) is 4.90 Å². The average Bonchev–Trinajstić information content (AvgIpc) is 3.28. The van der Waals surface area contributed by atoms with E-state index in [0.717, 1.165) is 82.4 Å². The standard InChI is InChI=1S/C29H42N6O/c1-4-21(2)17-30-29-31-18-26-27(20-35(28(26)32-29)24-9-11-25(36)12-10-24)23-7-5-22(6-8-23)19-34-15-13-33(3)14-16-34/h5-8,18,20-21,24-25,36H,4,9-17,19H2,1-3H3,(H,30,31,32).